The van der Waals surface area contributed by atoms with Gasteiger partial charge in [0.2, 0.25) is 5.54 Å². The van der Waals surface area contributed by atoms with Crippen molar-refractivity contribution in [1.82, 2.24) is 10.2 Å². The Labute approximate surface area is 115 Å². The standard InChI is InChI=1S/C12H19F3N2O3/c1-7-5-4-6-8(2)17(7)10(20)16-11(3,9(18)19)12(13,14)15/h7-8H,4-6H2,1-3H3,(H,16,20)(H,18,19)/t7-,8+,11?. The topological polar surface area (TPSA) is 69.6 Å². The summed E-state index contributed by atoms with van der Waals surface area (Å²) in [6, 6.07) is -1.43. The van der Waals surface area contributed by atoms with Gasteiger partial charge in [0.25, 0.3) is 0 Å². The van der Waals surface area contributed by atoms with Crippen molar-refractivity contribution in [3.05, 3.63) is 0 Å². The lowest BCUT2D eigenvalue weighted by atomic mass is 9.97. The molecule has 0 bridgehead atoms. The summed E-state index contributed by atoms with van der Waals surface area (Å²) >= 11 is 0. The average molecular weight is 296 g/mol. The van der Waals surface area contributed by atoms with Gasteiger partial charge in [-0.3, -0.25) is 0 Å². The fourth-order valence-corrected chi connectivity index (χ4v) is 2.35. The van der Waals surface area contributed by atoms with Crippen LogP contribution in [0.4, 0.5) is 18.0 Å². The predicted octanol–water partition coefficient (Wildman–Crippen LogP) is 2.36. The maximum absolute atomic E-state index is 12.9. The normalized spacial score (nSPS) is 26.8. The van der Waals surface area contributed by atoms with Gasteiger partial charge in [-0.2, -0.15) is 13.2 Å². The van der Waals surface area contributed by atoms with Gasteiger partial charge in [0.05, 0.1) is 0 Å². The molecule has 0 saturated carbocycles. The number of carbonyl (C=O) groups is 2. The highest BCUT2D eigenvalue weighted by Crippen LogP contribution is 2.31. The number of hydrogen-bond donors (Lipinski definition) is 2. The average Bonchev–Trinajstić information content (AvgIpc) is 2.26. The fourth-order valence-electron chi connectivity index (χ4n) is 2.35. The number of likely N-dealkylation sites (tertiary alicyclic amines) is 1. The summed E-state index contributed by atoms with van der Waals surface area (Å²) in [6.07, 6.45) is -2.81. The minimum atomic E-state index is -5.07. The maximum Gasteiger partial charge on any atom is 0.422 e. The van der Waals surface area contributed by atoms with Crippen LogP contribution in [0.15, 0.2) is 0 Å². The van der Waals surface area contributed by atoms with Crippen molar-refractivity contribution in [2.24, 2.45) is 0 Å². The van der Waals surface area contributed by atoms with E-state index < -0.39 is 23.7 Å². The van der Waals surface area contributed by atoms with E-state index in [0.717, 1.165) is 6.42 Å². The lowest BCUT2D eigenvalue weighted by molar-refractivity contribution is -0.203. The van der Waals surface area contributed by atoms with E-state index in [4.69, 9.17) is 5.11 Å². The molecule has 2 N–H and O–H groups in total. The van der Waals surface area contributed by atoms with E-state index >= 15 is 0 Å². The van der Waals surface area contributed by atoms with Gasteiger partial charge in [0, 0.05) is 12.1 Å². The number of urea groups is 1. The first kappa shape index (κ1) is 16.6. The molecule has 0 spiro atoms. The summed E-state index contributed by atoms with van der Waals surface area (Å²) in [5.74, 6) is -2.13. The molecule has 1 heterocycles. The maximum atomic E-state index is 12.9. The van der Waals surface area contributed by atoms with Crippen LogP contribution in [0, 0.1) is 0 Å². The van der Waals surface area contributed by atoms with E-state index in [2.05, 4.69) is 0 Å². The van der Waals surface area contributed by atoms with E-state index in [1.807, 2.05) is 0 Å². The summed E-state index contributed by atoms with van der Waals surface area (Å²) in [7, 11) is 0. The molecule has 20 heavy (non-hydrogen) atoms. The Balaban J connectivity index is 2.94. The Kier molecular flexibility index (Phi) is 4.55. The lowest BCUT2D eigenvalue weighted by Gasteiger charge is -2.41. The molecule has 5 nitrogen and oxygen atoms in total. The summed E-state index contributed by atoms with van der Waals surface area (Å²) in [4.78, 5) is 24.2. The van der Waals surface area contributed by atoms with Gasteiger partial charge in [-0.15, -0.1) is 0 Å². The Bertz CT molecular complexity index is 390. The molecule has 1 rings (SSSR count). The number of rotatable bonds is 2. The second kappa shape index (κ2) is 5.49. The molecule has 8 heteroatoms. The van der Waals surface area contributed by atoms with Gasteiger partial charge in [0.1, 0.15) is 0 Å². The van der Waals surface area contributed by atoms with Gasteiger partial charge in [-0.05, 0) is 40.0 Å². The number of carboxylic acid groups (broad SMARTS) is 1. The molecule has 116 valence electrons. The molecular weight excluding hydrogens is 277 g/mol. The number of halogens is 3. The van der Waals surface area contributed by atoms with Crippen LogP contribution in [-0.4, -0.2) is 45.8 Å². The molecule has 1 aliphatic heterocycles. The molecule has 1 unspecified atom stereocenters. The van der Waals surface area contributed by atoms with Gasteiger partial charge in [-0.25, -0.2) is 9.59 Å². The van der Waals surface area contributed by atoms with Crippen LogP contribution in [0.2, 0.25) is 0 Å². The zero-order chi connectivity index (χ0) is 15.7. The number of hydrogen-bond acceptors (Lipinski definition) is 2. The van der Waals surface area contributed by atoms with E-state index in [1.54, 1.807) is 19.2 Å². The van der Waals surface area contributed by atoms with Gasteiger partial charge in [0.15, 0.2) is 0 Å². The molecule has 0 radical (unpaired) electrons. The van der Waals surface area contributed by atoms with E-state index in [1.165, 1.54) is 4.90 Å². The molecule has 2 amide bonds. The number of carboxylic acids is 1. The molecule has 1 aliphatic rings. The Morgan fingerprint density at radius 1 is 1.20 bits per heavy atom. The monoisotopic (exact) mass is 296 g/mol. The third kappa shape index (κ3) is 2.99. The zero-order valence-corrected chi connectivity index (χ0v) is 11.6. The van der Waals surface area contributed by atoms with Crippen LogP contribution >= 0.6 is 0 Å². The number of aliphatic carboxylic acids is 1. The number of piperidine rings is 1. The van der Waals surface area contributed by atoms with Crippen LogP contribution in [-0.2, 0) is 4.79 Å². The quantitative estimate of drug-likeness (QED) is 0.822. The first-order valence-electron chi connectivity index (χ1n) is 6.41. The van der Waals surface area contributed by atoms with Gasteiger partial charge >= 0.3 is 18.2 Å². The highest BCUT2D eigenvalue weighted by molar-refractivity contribution is 5.87. The Morgan fingerprint density at radius 2 is 1.65 bits per heavy atom. The van der Waals surface area contributed by atoms with Crippen molar-refractivity contribution < 1.29 is 27.9 Å². The highest BCUT2D eigenvalue weighted by Gasteiger charge is 2.59. The fraction of sp³-hybridized carbons (Fsp3) is 0.833. The first-order valence-corrected chi connectivity index (χ1v) is 6.41. The number of nitrogens with zero attached hydrogens (tertiary/aromatic N) is 1. The second-order valence-electron chi connectivity index (χ2n) is 5.39. The van der Waals surface area contributed by atoms with Gasteiger partial charge < -0.3 is 15.3 Å². The molecular formula is C12H19F3N2O3. The van der Waals surface area contributed by atoms with Crippen LogP contribution in [0.1, 0.15) is 40.0 Å². The van der Waals surface area contributed by atoms with Crippen LogP contribution in [0.3, 0.4) is 0 Å². The Hall–Kier alpha value is -1.47. The number of alkyl halides is 3. The van der Waals surface area contributed by atoms with E-state index in [9.17, 15) is 22.8 Å². The van der Waals surface area contributed by atoms with E-state index in [-0.39, 0.29) is 12.1 Å². The van der Waals surface area contributed by atoms with Crippen molar-refractivity contribution in [3.8, 4) is 0 Å². The zero-order valence-electron chi connectivity index (χ0n) is 11.6. The number of nitrogens with one attached hydrogen (secondary N) is 1. The third-order valence-corrected chi connectivity index (χ3v) is 3.78. The summed E-state index contributed by atoms with van der Waals surface area (Å²) in [6.45, 7) is 3.92. The van der Waals surface area contributed by atoms with Gasteiger partial charge in [-0.1, -0.05) is 0 Å². The number of carbonyl (C=O) groups excluding carboxylic acids is 1. The van der Waals surface area contributed by atoms with Crippen molar-refractivity contribution >= 4 is 12.0 Å². The number of amides is 2. The van der Waals surface area contributed by atoms with Crippen molar-refractivity contribution in [1.29, 1.82) is 0 Å². The van der Waals surface area contributed by atoms with Crippen LogP contribution in [0.25, 0.3) is 0 Å². The second-order valence-corrected chi connectivity index (χ2v) is 5.39. The minimum Gasteiger partial charge on any atom is -0.479 e. The van der Waals surface area contributed by atoms with Crippen LogP contribution in [0.5, 0.6) is 0 Å². The summed E-state index contributed by atoms with van der Waals surface area (Å²) in [5, 5.41) is 10.4. The molecule has 1 fully saturated rings. The molecule has 3 atom stereocenters. The van der Waals surface area contributed by atoms with E-state index in [0.29, 0.717) is 19.8 Å². The molecule has 0 aromatic carbocycles. The molecule has 0 aliphatic carbocycles. The smallest absolute Gasteiger partial charge is 0.422 e. The molecule has 0 aromatic rings. The van der Waals surface area contributed by atoms with Crippen LogP contribution < -0.4 is 5.32 Å². The minimum absolute atomic E-state index is 0.218. The Morgan fingerprint density at radius 3 is 2.00 bits per heavy atom. The summed E-state index contributed by atoms with van der Waals surface area (Å²) < 4.78 is 38.6. The molecule has 1 saturated heterocycles. The largest absolute Gasteiger partial charge is 0.479 e. The van der Waals surface area contributed by atoms with Crippen molar-refractivity contribution in [2.45, 2.75) is 63.8 Å². The highest BCUT2D eigenvalue weighted by atomic mass is 19.4. The first-order chi connectivity index (χ1) is 9.00. The predicted molar refractivity (Wildman–Crippen MR) is 65.2 cm³/mol. The third-order valence-electron chi connectivity index (χ3n) is 3.78. The van der Waals surface area contributed by atoms with Crippen molar-refractivity contribution in [3.63, 3.8) is 0 Å². The SMILES string of the molecule is C[C@@H]1CCC[C@H](C)N1C(=O)NC(C)(C(=O)O)C(F)(F)F. The van der Waals surface area contributed by atoms with Crippen molar-refractivity contribution in [2.75, 3.05) is 0 Å². The molecule has 0 aromatic heterocycles. The lowest BCUT2D eigenvalue weighted by Crippen LogP contribution is -2.65. The summed E-state index contributed by atoms with van der Waals surface area (Å²) in [5.41, 5.74) is -3.29.